The van der Waals surface area contributed by atoms with Gasteiger partial charge in [0.1, 0.15) is 0 Å². The minimum atomic E-state index is -0.502. The smallest absolute Gasteiger partial charge is 0.0764 e. The summed E-state index contributed by atoms with van der Waals surface area (Å²) in [6, 6.07) is 63.6. The van der Waals surface area contributed by atoms with Crippen LogP contribution in [0, 0.1) is 0 Å². The van der Waals surface area contributed by atoms with Crippen LogP contribution < -0.4 is 0 Å². The Morgan fingerprint density at radius 1 is 0.380 bits per heavy atom. The molecule has 0 bridgehead atoms. The molecule has 3 heteroatoms. The Hall–Kier alpha value is -6.03. The lowest BCUT2D eigenvalue weighted by Gasteiger charge is -2.45. The molecule has 0 amide bonds. The molecule has 1 atom stereocenters. The fourth-order valence-electron chi connectivity index (χ4n) is 9.38. The summed E-state index contributed by atoms with van der Waals surface area (Å²) in [5.74, 6) is 0. The first-order chi connectivity index (χ1) is 24.8. The molecule has 50 heavy (non-hydrogen) atoms. The molecular weight excluding hydrogens is 625 g/mol. The van der Waals surface area contributed by atoms with Crippen LogP contribution in [0.15, 0.2) is 180 Å². The van der Waals surface area contributed by atoms with E-state index in [-0.39, 0.29) is 0 Å². The van der Waals surface area contributed by atoms with Crippen molar-refractivity contribution in [2.75, 3.05) is 0 Å². The van der Waals surface area contributed by atoms with E-state index in [0.717, 1.165) is 0 Å². The van der Waals surface area contributed by atoms with Gasteiger partial charge in [0.05, 0.1) is 33.2 Å². The number of nitrogens with zero attached hydrogens (tertiary/aromatic N) is 2. The molecule has 1 unspecified atom stereocenters. The second-order valence-corrected chi connectivity index (χ2v) is 14.8. The summed E-state index contributed by atoms with van der Waals surface area (Å²) in [5, 5.41) is 7.66. The Kier molecular flexibility index (Phi) is 5.14. The maximum Gasteiger partial charge on any atom is 0.0764 e. The second-order valence-electron chi connectivity index (χ2n) is 13.7. The lowest BCUT2D eigenvalue weighted by molar-refractivity contribution is 0.691. The highest BCUT2D eigenvalue weighted by Crippen LogP contribution is 2.61. The van der Waals surface area contributed by atoms with E-state index < -0.39 is 5.41 Å². The number of hydrogen-bond acceptors (Lipinski definition) is 1. The molecule has 4 heterocycles. The summed E-state index contributed by atoms with van der Waals surface area (Å²) in [5.41, 5.74) is 12.3. The van der Waals surface area contributed by atoms with Crippen LogP contribution in [0.1, 0.15) is 22.3 Å². The van der Waals surface area contributed by atoms with Gasteiger partial charge in [0.2, 0.25) is 0 Å². The molecule has 10 aromatic rings. The van der Waals surface area contributed by atoms with E-state index in [1.807, 2.05) is 11.8 Å². The molecule has 0 N–H and O–H groups in total. The summed E-state index contributed by atoms with van der Waals surface area (Å²) in [6.07, 6.45) is 0. The Morgan fingerprint density at radius 3 is 1.92 bits per heavy atom. The summed E-state index contributed by atoms with van der Waals surface area (Å²) < 4.78 is 4.99. The van der Waals surface area contributed by atoms with Crippen molar-refractivity contribution in [2.24, 2.45) is 0 Å². The monoisotopic (exact) mass is 652 g/mol. The zero-order chi connectivity index (χ0) is 32.6. The SMILES string of the molecule is c1ccc2c(c1)Sc1cc3c(cc1C21c2ccccc2-n2c4ccccc4c4cccc1c42)c1ccccc1n3-c1ccc2ccccc2c1. The highest BCUT2D eigenvalue weighted by atomic mass is 32.2. The van der Waals surface area contributed by atoms with E-state index in [2.05, 4.69) is 179 Å². The minimum Gasteiger partial charge on any atom is -0.309 e. The number of hydrogen-bond donors (Lipinski definition) is 0. The third-order valence-corrected chi connectivity index (χ3v) is 12.5. The third-order valence-electron chi connectivity index (χ3n) is 11.3. The van der Waals surface area contributed by atoms with Crippen LogP contribution in [-0.4, -0.2) is 9.13 Å². The van der Waals surface area contributed by atoms with Gasteiger partial charge >= 0.3 is 0 Å². The summed E-state index contributed by atoms with van der Waals surface area (Å²) in [4.78, 5) is 2.61. The topological polar surface area (TPSA) is 9.86 Å². The van der Waals surface area contributed by atoms with Crippen molar-refractivity contribution in [3.8, 4) is 11.4 Å². The number of rotatable bonds is 1. The molecular formula is C47H28N2S. The Balaban J connectivity index is 1.26. The quantitative estimate of drug-likeness (QED) is 0.172. The van der Waals surface area contributed by atoms with Gasteiger partial charge in [-0.05, 0) is 81.6 Å². The van der Waals surface area contributed by atoms with Gasteiger partial charge in [0, 0.05) is 37.0 Å². The molecule has 0 saturated carbocycles. The molecule has 8 aromatic carbocycles. The molecule has 12 rings (SSSR count). The van der Waals surface area contributed by atoms with Crippen LogP contribution in [0.5, 0.6) is 0 Å². The van der Waals surface area contributed by atoms with Crippen LogP contribution in [0.3, 0.4) is 0 Å². The molecule has 0 aliphatic carbocycles. The van der Waals surface area contributed by atoms with Crippen molar-refractivity contribution < 1.29 is 0 Å². The average molecular weight is 653 g/mol. The predicted octanol–water partition coefficient (Wildman–Crippen LogP) is 12.2. The molecule has 1 spiro atoms. The first-order valence-corrected chi connectivity index (χ1v) is 18.1. The van der Waals surface area contributed by atoms with Crippen LogP contribution >= 0.6 is 11.8 Å². The van der Waals surface area contributed by atoms with Gasteiger partial charge in [-0.25, -0.2) is 0 Å². The van der Waals surface area contributed by atoms with Crippen molar-refractivity contribution in [1.29, 1.82) is 0 Å². The summed E-state index contributed by atoms with van der Waals surface area (Å²) >= 11 is 1.91. The van der Waals surface area contributed by atoms with Gasteiger partial charge in [-0.15, -0.1) is 0 Å². The van der Waals surface area contributed by atoms with Crippen molar-refractivity contribution in [3.63, 3.8) is 0 Å². The molecule has 0 radical (unpaired) electrons. The molecule has 2 aliphatic rings. The van der Waals surface area contributed by atoms with E-state index in [1.165, 1.54) is 97.8 Å². The first kappa shape index (κ1) is 26.9. The molecule has 2 aromatic heterocycles. The Bertz CT molecular complexity index is 3090. The summed E-state index contributed by atoms with van der Waals surface area (Å²) in [7, 11) is 0. The highest BCUT2D eigenvalue weighted by molar-refractivity contribution is 7.99. The third kappa shape index (κ3) is 3.22. The lowest BCUT2D eigenvalue weighted by Crippen LogP contribution is -2.37. The molecule has 2 nitrogen and oxygen atoms in total. The fraction of sp³-hybridized carbons (Fsp3) is 0.0213. The number of aromatic nitrogens is 2. The second kappa shape index (κ2) is 9.56. The van der Waals surface area contributed by atoms with Crippen molar-refractivity contribution in [2.45, 2.75) is 15.2 Å². The van der Waals surface area contributed by atoms with Gasteiger partial charge in [0.25, 0.3) is 0 Å². The van der Waals surface area contributed by atoms with Crippen molar-refractivity contribution >= 4 is 66.1 Å². The van der Waals surface area contributed by atoms with Crippen LogP contribution in [-0.2, 0) is 5.41 Å². The average Bonchev–Trinajstić information content (AvgIpc) is 3.69. The van der Waals surface area contributed by atoms with Gasteiger partial charge in [-0.3, -0.25) is 0 Å². The van der Waals surface area contributed by atoms with Crippen molar-refractivity contribution in [3.05, 3.63) is 192 Å². The maximum absolute atomic E-state index is 2.54. The lowest BCUT2D eigenvalue weighted by atomic mass is 9.62. The Morgan fingerprint density at radius 2 is 1.04 bits per heavy atom. The van der Waals surface area contributed by atoms with Gasteiger partial charge < -0.3 is 9.13 Å². The zero-order valence-electron chi connectivity index (χ0n) is 27.0. The normalized spacial score (nSPS) is 16.0. The van der Waals surface area contributed by atoms with Crippen LogP contribution in [0.4, 0.5) is 0 Å². The highest BCUT2D eigenvalue weighted by Gasteiger charge is 2.49. The van der Waals surface area contributed by atoms with Crippen LogP contribution in [0.25, 0.3) is 65.8 Å². The maximum atomic E-state index is 2.54. The van der Waals surface area contributed by atoms with Gasteiger partial charge in [-0.2, -0.15) is 0 Å². The molecule has 232 valence electrons. The van der Waals surface area contributed by atoms with E-state index in [1.54, 1.807) is 0 Å². The van der Waals surface area contributed by atoms with Crippen molar-refractivity contribution in [1.82, 2.24) is 9.13 Å². The van der Waals surface area contributed by atoms with Crippen LogP contribution in [0.2, 0.25) is 0 Å². The number of fused-ring (bicyclic) bond motifs is 15. The summed E-state index contributed by atoms with van der Waals surface area (Å²) in [6.45, 7) is 0. The van der Waals surface area contributed by atoms with E-state index in [4.69, 9.17) is 0 Å². The minimum absolute atomic E-state index is 0.502. The molecule has 2 aliphatic heterocycles. The molecule has 0 saturated heterocycles. The zero-order valence-corrected chi connectivity index (χ0v) is 27.8. The molecule has 0 fully saturated rings. The van der Waals surface area contributed by atoms with E-state index in [0.29, 0.717) is 0 Å². The Labute approximate surface area is 292 Å². The van der Waals surface area contributed by atoms with Gasteiger partial charge in [-0.1, -0.05) is 133 Å². The fourth-order valence-corrected chi connectivity index (χ4v) is 10.6. The van der Waals surface area contributed by atoms with Gasteiger partial charge in [0.15, 0.2) is 0 Å². The predicted molar refractivity (Wildman–Crippen MR) is 209 cm³/mol. The van der Waals surface area contributed by atoms with E-state index >= 15 is 0 Å². The number of benzene rings is 8. The van der Waals surface area contributed by atoms with E-state index in [9.17, 15) is 0 Å². The standard InChI is InChI=1S/C47H28N2S/c1-2-13-30-26-31(25-24-29(30)12-1)48-40-20-7-4-15-33(40)35-27-39-45(28-43(35)48)50-44-23-10-6-18-37(44)47(39)36-17-5-9-22-42(36)49-41-21-8-3-14-32(41)34-16-11-19-38(47)46(34)49/h1-28H. The largest absolute Gasteiger partial charge is 0.309 e. The number of para-hydroxylation sites is 4. The first-order valence-electron chi connectivity index (χ1n) is 17.3.